The zero-order valence-corrected chi connectivity index (χ0v) is 8.45. The van der Waals surface area contributed by atoms with E-state index in [0.29, 0.717) is 0 Å². The first-order chi connectivity index (χ1) is 7.29. The van der Waals surface area contributed by atoms with Crippen LogP contribution in [-0.2, 0) is 0 Å². The molecule has 2 aromatic carbocycles. The van der Waals surface area contributed by atoms with E-state index in [1.165, 1.54) is 0 Å². The molecule has 0 amide bonds. The van der Waals surface area contributed by atoms with E-state index in [1.54, 1.807) is 0 Å². The van der Waals surface area contributed by atoms with Gasteiger partial charge < -0.3 is 0 Å². The summed E-state index contributed by atoms with van der Waals surface area (Å²) in [5.41, 5.74) is 4.92. The molecule has 0 fully saturated rings. The molecule has 0 unspecified atom stereocenters. The number of carbonyl (C=O) groups is 1. The molecule has 0 spiro atoms. The number of hydrogen-bond acceptors (Lipinski definition) is 1. The molecule has 0 saturated carbocycles. The molecule has 1 nitrogen and oxygen atoms in total. The van der Waals surface area contributed by atoms with Gasteiger partial charge in [-0.2, -0.15) is 0 Å². The van der Waals surface area contributed by atoms with Gasteiger partial charge in [-0.05, 0) is 23.6 Å². The van der Waals surface area contributed by atoms with Crippen molar-refractivity contribution in [3.8, 4) is 11.1 Å². The van der Waals surface area contributed by atoms with Gasteiger partial charge in [0.05, 0.1) is 0 Å². The van der Waals surface area contributed by atoms with Crippen molar-refractivity contribution in [3.05, 3.63) is 59.2 Å². The van der Waals surface area contributed by atoms with E-state index in [0.717, 1.165) is 27.8 Å². The number of fused-ring (bicyclic) bond motifs is 3. The Balaban J connectivity index is 2.43. The minimum Gasteiger partial charge on any atom is -0.289 e. The Morgan fingerprint density at radius 2 is 1.47 bits per heavy atom. The van der Waals surface area contributed by atoms with Crippen molar-refractivity contribution in [1.82, 2.24) is 0 Å². The summed E-state index contributed by atoms with van der Waals surface area (Å²) in [5, 5.41) is 0. The van der Waals surface area contributed by atoms with E-state index in [-0.39, 0.29) is 5.78 Å². The van der Waals surface area contributed by atoms with Gasteiger partial charge in [-0.1, -0.05) is 42.5 Å². The van der Waals surface area contributed by atoms with Crippen molar-refractivity contribution >= 4 is 5.78 Å². The van der Waals surface area contributed by atoms with Crippen LogP contribution in [0.15, 0.2) is 42.5 Å². The van der Waals surface area contributed by atoms with Crippen molar-refractivity contribution in [2.75, 3.05) is 0 Å². The fraction of sp³-hybridized carbons (Fsp3) is 0.0714. The Morgan fingerprint density at radius 3 is 2.27 bits per heavy atom. The number of aryl methyl sites for hydroxylation is 1. The van der Waals surface area contributed by atoms with Crippen LogP contribution in [-0.4, -0.2) is 5.78 Å². The van der Waals surface area contributed by atoms with Gasteiger partial charge in [-0.15, -0.1) is 0 Å². The van der Waals surface area contributed by atoms with Crippen LogP contribution in [0.1, 0.15) is 21.5 Å². The van der Waals surface area contributed by atoms with Gasteiger partial charge in [0.25, 0.3) is 0 Å². The monoisotopic (exact) mass is 194 g/mol. The van der Waals surface area contributed by atoms with Crippen LogP contribution in [0.5, 0.6) is 0 Å². The highest BCUT2D eigenvalue weighted by Gasteiger charge is 2.26. The molecule has 0 aliphatic heterocycles. The fourth-order valence-electron chi connectivity index (χ4n) is 2.24. The molecule has 0 radical (unpaired) electrons. The molecule has 0 heterocycles. The zero-order chi connectivity index (χ0) is 10.4. The van der Waals surface area contributed by atoms with Crippen molar-refractivity contribution in [2.45, 2.75) is 6.92 Å². The Bertz CT molecular complexity index is 567. The second kappa shape index (κ2) is 2.80. The second-order valence-corrected chi connectivity index (χ2v) is 3.87. The molecule has 3 rings (SSSR count). The Kier molecular flexibility index (Phi) is 1.57. The van der Waals surface area contributed by atoms with Crippen LogP contribution >= 0.6 is 0 Å². The van der Waals surface area contributed by atoms with Crippen LogP contribution in [0.2, 0.25) is 0 Å². The molecule has 2 aromatic rings. The molecular formula is C14H10O. The second-order valence-electron chi connectivity index (χ2n) is 3.87. The first-order valence-electron chi connectivity index (χ1n) is 5.03. The third-order valence-corrected chi connectivity index (χ3v) is 2.96. The SMILES string of the molecule is Cc1cccc2c1C(=O)c1ccccc1-2. The van der Waals surface area contributed by atoms with Gasteiger partial charge >= 0.3 is 0 Å². The lowest BCUT2D eigenvalue weighted by Crippen LogP contribution is -1.97. The Morgan fingerprint density at radius 1 is 0.800 bits per heavy atom. The fourth-order valence-corrected chi connectivity index (χ4v) is 2.24. The van der Waals surface area contributed by atoms with E-state index in [9.17, 15) is 4.79 Å². The number of rotatable bonds is 0. The van der Waals surface area contributed by atoms with Gasteiger partial charge in [0, 0.05) is 11.1 Å². The summed E-state index contributed by atoms with van der Waals surface area (Å²) in [4.78, 5) is 12.1. The van der Waals surface area contributed by atoms with Crippen LogP contribution in [0.25, 0.3) is 11.1 Å². The van der Waals surface area contributed by atoms with E-state index >= 15 is 0 Å². The van der Waals surface area contributed by atoms with Gasteiger partial charge in [0.1, 0.15) is 0 Å². The molecule has 1 aliphatic rings. The standard InChI is InChI=1S/C14H10O/c1-9-5-4-8-11-10-6-2-3-7-12(10)14(15)13(9)11/h2-8H,1H3. The minimum atomic E-state index is 0.165. The Labute approximate surface area is 88.4 Å². The quantitative estimate of drug-likeness (QED) is 0.537. The summed E-state index contributed by atoms with van der Waals surface area (Å²) in [6, 6.07) is 13.8. The van der Waals surface area contributed by atoms with Gasteiger partial charge in [-0.25, -0.2) is 0 Å². The van der Waals surface area contributed by atoms with Crippen molar-refractivity contribution in [3.63, 3.8) is 0 Å². The third-order valence-electron chi connectivity index (χ3n) is 2.96. The summed E-state index contributed by atoms with van der Waals surface area (Å²) in [7, 11) is 0. The normalized spacial score (nSPS) is 12.5. The van der Waals surface area contributed by atoms with Crippen LogP contribution < -0.4 is 0 Å². The lowest BCUT2D eigenvalue weighted by atomic mass is 10.0. The van der Waals surface area contributed by atoms with E-state index in [4.69, 9.17) is 0 Å². The highest BCUT2D eigenvalue weighted by molar-refractivity contribution is 6.22. The summed E-state index contributed by atoms with van der Waals surface area (Å²) < 4.78 is 0. The average Bonchev–Trinajstić information content (AvgIpc) is 2.55. The van der Waals surface area contributed by atoms with Crippen molar-refractivity contribution in [2.24, 2.45) is 0 Å². The number of hydrogen-bond donors (Lipinski definition) is 0. The lowest BCUT2D eigenvalue weighted by molar-refractivity contribution is 0.104. The first-order valence-corrected chi connectivity index (χ1v) is 5.03. The highest BCUT2D eigenvalue weighted by Crippen LogP contribution is 2.37. The molecular weight excluding hydrogens is 184 g/mol. The zero-order valence-electron chi connectivity index (χ0n) is 8.45. The number of carbonyl (C=O) groups excluding carboxylic acids is 1. The third kappa shape index (κ3) is 1.00. The lowest BCUT2D eigenvalue weighted by Gasteiger charge is -2.01. The average molecular weight is 194 g/mol. The predicted molar refractivity (Wildman–Crippen MR) is 60.0 cm³/mol. The molecule has 1 heteroatoms. The summed E-state index contributed by atoms with van der Waals surface area (Å²) in [6.07, 6.45) is 0. The molecule has 1 aliphatic carbocycles. The summed E-state index contributed by atoms with van der Waals surface area (Å²) in [6.45, 7) is 1.99. The molecule has 0 N–H and O–H groups in total. The van der Waals surface area contributed by atoms with Gasteiger partial charge in [-0.3, -0.25) is 4.79 Å². The Hall–Kier alpha value is -1.89. The van der Waals surface area contributed by atoms with E-state index in [1.807, 2.05) is 49.4 Å². The van der Waals surface area contributed by atoms with Crippen molar-refractivity contribution in [1.29, 1.82) is 0 Å². The molecule has 0 bridgehead atoms. The molecule has 0 saturated heterocycles. The maximum absolute atomic E-state index is 12.1. The number of benzene rings is 2. The van der Waals surface area contributed by atoms with E-state index in [2.05, 4.69) is 0 Å². The maximum Gasteiger partial charge on any atom is 0.194 e. The highest BCUT2D eigenvalue weighted by atomic mass is 16.1. The summed E-state index contributed by atoms with van der Waals surface area (Å²) >= 11 is 0. The number of ketones is 1. The smallest absolute Gasteiger partial charge is 0.194 e. The molecule has 72 valence electrons. The molecule has 0 atom stereocenters. The maximum atomic E-state index is 12.1. The molecule has 0 aromatic heterocycles. The molecule has 15 heavy (non-hydrogen) atoms. The van der Waals surface area contributed by atoms with Gasteiger partial charge in [0.2, 0.25) is 0 Å². The van der Waals surface area contributed by atoms with Gasteiger partial charge in [0.15, 0.2) is 5.78 Å². The minimum absolute atomic E-state index is 0.165. The summed E-state index contributed by atoms with van der Waals surface area (Å²) in [5.74, 6) is 0.165. The largest absolute Gasteiger partial charge is 0.289 e. The van der Waals surface area contributed by atoms with Crippen LogP contribution in [0.3, 0.4) is 0 Å². The van der Waals surface area contributed by atoms with Crippen LogP contribution in [0.4, 0.5) is 0 Å². The van der Waals surface area contributed by atoms with E-state index < -0.39 is 0 Å². The first kappa shape index (κ1) is 8.42. The van der Waals surface area contributed by atoms with Crippen LogP contribution in [0, 0.1) is 6.92 Å². The van der Waals surface area contributed by atoms with Crippen molar-refractivity contribution < 1.29 is 4.79 Å². The predicted octanol–water partition coefficient (Wildman–Crippen LogP) is 3.21. The topological polar surface area (TPSA) is 17.1 Å².